The first kappa shape index (κ1) is 11.1. The first-order valence-electron chi connectivity index (χ1n) is 6.35. The van der Waals surface area contributed by atoms with E-state index in [0.717, 1.165) is 24.9 Å². The first-order valence-corrected chi connectivity index (χ1v) is 6.35. The normalized spacial score (nSPS) is 27.8. The molecule has 1 unspecified atom stereocenters. The van der Waals surface area contributed by atoms with Crippen molar-refractivity contribution < 1.29 is 0 Å². The molecule has 0 saturated carbocycles. The van der Waals surface area contributed by atoms with Crippen molar-refractivity contribution in [1.82, 2.24) is 0 Å². The van der Waals surface area contributed by atoms with Gasteiger partial charge in [0.15, 0.2) is 5.41 Å². The minimum atomic E-state index is -0.919. The molecular weight excluding hydrogens is 222 g/mol. The Hall–Kier alpha value is -2.00. The molecule has 18 heavy (non-hydrogen) atoms. The molecule has 2 heterocycles. The van der Waals surface area contributed by atoms with E-state index in [1.165, 1.54) is 5.69 Å². The van der Waals surface area contributed by atoms with E-state index in [0.29, 0.717) is 6.42 Å². The molecule has 90 valence electrons. The van der Waals surface area contributed by atoms with Gasteiger partial charge in [-0.05, 0) is 31.4 Å². The van der Waals surface area contributed by atoms with E-state index < -0.39 is 5.41 Å². The molecule has 1 aromatic rings. The highest BCUT2D eigenvalue weighted by atomic mass is 15.2. The van der Waals surface area contributed by atoms with Gasteiger partial charge >= 0.3 is 0 Å². The summed E-state index contributed by atoms with van der Waals surface area (Å²) in [7, 11) is 0. The van der Waals surface area contributed by atoms with Gasteiger partial charge in [0, 0.05) is 18.7 Å². The van der Waals surface area contributed by atoms with E-state index in [1.54, 1.807) is 0 Å². The molecule has 0 spiro atoms. The third-order valence-corrected chi connectivity index (χ3v) is 4.68. The van der Waals surface area contributed by atoms with Gasteiger partial charge in [0.2, 0.25) is 0 Å². The Morgan fingerprint density at radius 2 is 1.94 bits per heavy atom. The Kier molecular flexibility index (Phi) is 2.16. The van der Waals surface area contributed by atoms with Crippen LogP contribution in [0.1, 0.15) is 25.3 Å². The van der Waals surface area contributed by atoms with Gasteiger partial charge in [-0.25, -0.2) is 0 Å². The number of rotatable bonds is 0. The summed E-state index contributed by atoms with van der Waals surface area (Å²) in [4.78, 5) is 2.28. The monoisotopic (exact) mass is 237 g/mol. The minimum absolute atomic E-state index is 0.342. The number of nitrogens with zero attached hydrogens (tertiary/aromatic N) is 3. The summed E-state index contributed by atoms with van der Waals surface area (Å²) >= 11 is 0. The summed E-state index contributed by atoms with van der Waals surface area (Å²) in [6.07, 6.45) is 2.52. The predicted octanol–water partition coefficient (Wildman–Crippen LogP) is 2.64. The van der Waals surface area contributed by atoms with E-state index in [2.05, 4.69) is 30.0 Å². The largest absolute Gasteiger partial charge is 0.363 e. The molecule has 0 radical (unpaired) electrons. The number of para-hydroxylation sites is 1. The third kappa shape index (κ3) is 1.12. The molecule has 0 aromatic heterocycles. The van der Waals surface area contributed by atoms with E-state index in [-0.39, 0.29) is 5.54 Å². The lowest BCUT2D eigenvalue weighted by Crippen LogP contribution is -2.58. The van der Waals surface area contributed by atoms with Gasteiger partial charge in [0.1, 0.15) is 0 Å². The molecule has 1 atom stereocenters. The van der Waals surface area contributed by atoms with Crippen molar-refractivity contribution >= 4 is 5.69 Å². The molecule has 2 aliphatic heterocycles. The van der Waals surface area contributed by atoms with Gasteiger partial charge in [0.05, 0.1) is 17.7 Å². The van der Waals surface area contributed by atoms with Crippen LogP contribution in [0.15, 0.2) is 24.3 Å². The number of hydrogen-bond acceptors (Lipinski definition) is 3. The van der Waals surface area contributed by atoms with Crippen molar-refractivity contribution in [2.45, 2.75) is 31.7 Å². The van der Waals surface area contributed by atoms with Gasteiger partial charge in [-0.3, -0.25) is 0 Å². The fourth-order valence-corrected chi connectivity index (χ4v) is 3.54. The molecule has 3 heteroatoms. The van der Waals surface area contributed by atoms with Crippen LogP contribution in [0.5, 0.6) is 0 Å². The first-order chi connectivity index (χ1) is 8.67. The summed E-state index contributed by atoms with van der Waals surface area (Å²) in [6, 6.07) is 12.8. The lowest BCUT2D eigenvalue weighted by atomic mass is 9.65. The fraction of sp³-hybridized carbons (Fsp3) is 0.467. The van der Waals surface area contributed by atoms with Crippen LogP contribution in [0.2, 0.25) is 0 Å². The highest BCUT2D eigenvalue weighted by molar-refractivity contribution is 5.63. The van der Waals surface area contributed by atoms with Crippen molar-refractivity contribution in [2.75, 3.05) is 11.4 Å². The third-order valence-electron chi connectivity index (χ3n) is 4.68. The Bertz CT molecular complexity index is 564. The van der Waals surface area contributed by atoms with Crippen molar-refractivity contribution in [1.29, 1.82) is 10.5 Å². The molecule has 2 aliphatic rings. The van der Waals surface area contributed by atoms with Crippen LogP contribution in [0.25, 0.3) is 0 Å². The van der Waals surface area contributed by atoms with Crippen molar-refractivity contribution in [3.8, 4) is 12.1 Å². The quantitative estimate of drug-likeness (QED) is 0.697. The highest BCUT2D eigenvalue weighted by Crippen LogP contribution is 2.52. The molecular formula is C15H15N3. The molecule has 1 fully saturated rings. The van der Waals surface area contributed by atoms with Crippen LogP contribution in [0, 0.1) is 28.1 Å². The Morgan fingerprint density at radius 3 is 2.67 bits per heavy atom. The maximum Gasteiger partial charge on any atom is 0.170 e. The Labute approximate surface area is 107 Å². The lowest BCUT2D eigenvalue weighted by molar-refractivity contribution is 0.263. The predicted molar refractivity (Wildman–Crippen MR) is 68.8 cm³/mol. The van der Waals surface area contributed by atoms with Crippen molar-refractivity contribution in [3.63, 3.8) is 0 Å². The summed E-state index contributed by atoms with van der Waals surface area (Å²) in [5.74, 6) is 0. The highest BCUT2D eigenvalue weighted by Gasteiger charge is 2.58. The van der Waals surface area contributed by atoms with Gasteiger partial charge < -0.3 is 4.90 Å². The maximum atomic E-state index is 9.58. The van der Waals surface area contributed by atoms with Crippen LogP contribution in [0.4, 0.5) is 5.69 Å². The molecule has 0 bridgehead atoms. The summed E-state index contributed by atoms with van der Waals surface area (Å²) in [5.41, 5.74) is 1.07. The van der Waals surface area contributed by atoms with Crippen LogP contribution < -0.4 is 4.90 Å². The zero-order chi connectivity index (χ0) is 12.8. The number of fused-ring (bicyclic) bond motifs is 3. The summed E-state index contributed by atoms with van der Waals surface area (Å²) in [6.45, 7) is 3.01. The number of anilines is 1. The SMILES string of the molecule is CC12CCCN1c1ccccc1CC2(C#N)C#N. The summed E-state index contributed by atoms with van der Waals surface area (Å²) < 4.78 is 0. The van der Waals surface area contributed by atoms with Crippen LogP contribution in [-0.2, 0) is 6.42 Å². The van der Waals surface area contributed by atoms with Gasteiger partial charge in [-0.1, -0.05) is 18.2 Å². The molecule has 1 saturated heterocycles. The molecule has 0 amide bonds. The van der Waals surface area contributed by atoms with Gasteiger partial charge in [0.25, 0.3) is 0 Å². The van der Waals surface area contributed by atoms with E-state index >= 15 is 0 Å². The lowest BCUT2D eigenvalue weighted by Gasteiger charge is -2.49. The zero-order valence-corrected chi connectivity index (χ0v) is 10.5. The number of benzene rings is 1. The molecule has 1 aromatic carbocycles. The minimum Gasteiger partial charge on any atom is -0.363 e. The smallest absolute Gasteiger partial charge is 0.170 e. The topological polar surface area (TPSA) is 50.8 Å². The second kappa shape index (κ2) is 3.50. The van der Waals surface area contributed by atoms with Crippen LogP contribution in [0.3, 0.4) is 0 Å². The van der Waals surface area contributed by atoms with E-state index in [1.807, 2.05) is 18.2 Å². The Balaban J connectivity index is 2.25. The molecule has 3 nitrogen and oxygen atoms in total. The number of nitriles is 2. The number of hydrogen-bond donors (Lipinski definition) is 0. The molecule has 3 rings (SSSR count). The standard InChI is InChI=1S/C15H15N3/c1-14-7-4-8-18(14)13-6-3-2-5-12(13)9-15(14,10-16)11-17/h2-3,5-6H,4,7-9H2,1H3. The van der Waals surface area contributed by atoms with Crippen LogP contribution >= 0.6 is 0 Å². The zero-order valence-electron chi connectivity index (χ0n) is 10.5. The van der Waals surface area contributed by atoms with E-state index in [9.17, 15) is 10.5 Å². The second-order valence-corrected chi connectivity index (χ2v) is 5.46. The van der Waals surface area contributed by atoms with Gasteiger partial charge in [-0.2, -0.15) is 10.5 Å². The second-order valence-electron chi connectivity index (χ2n) is 5.46. The fourth-order valence-electron chi connectivity index (χ4n) is 3.54. The van der Waals surface area contributed by atoms with Crippen LogP contribution in [-0.4, -0.2) is 12.1 Å². The summed E-state index contributed by atoms with van der Waals surface area (Å²) in [5, 5.41) is 19.2. The molecule has 0 aliphatic carbocycles. The van der Waals surface area contributed by atoms with Gasteiger partial charge in [-0.15, -0.1) is 0 Å². The maximum absolute atomic E-state index is 9.58. The molecule has 0 N–H and O–H groups in total. The van der Waals surface area contributed by atoms with Crippen molar-refractivity contribution in [2.24, 2.45) is 5.41 Å². The Morgan fingerprint density at radius 1 is 1.22 bits per heavy atom. The van der Waals surface area contributed by atoms with Crippen molar-refractivity contribution in [3.05, 3.63) is 29.8 Å². The average molecular weight is 237 g/mol. The van der Waals surface area contributed by atoms with E-state index in [4.69, 9.17) is 0 Å². The average Bonchev–Trinajstić information content (AvgIpc) is 2.81.